The number of rotatable bonds is 2. The molecule has 7 heteroatoms. The molecular formula is C11H10BrF2N3O. The topological polar surface area (TPSA) is 50.9 Å². The van der Waals surface area contributed by atoms with Gasteiger partial charge in [0.25, 0.3) is 0 Å². The molecule has 0 spiro atoms. The van der Waals surface area contributed by atoms with E-state index in [-0.39, 0.29) is 15.9 Å². The number of hydrogen-bond acceptors (Lipinski definition) is 3. The molecule has 0 radical (unpaired) electrons. The molecule has 1 heterocycles. The average Bonchev–Trinajstić information content (AvgIpc) is 2.64. The van der Waals surface area contributed by atoms with Gasteiger partial charge in [-0.15, -0.1) is 5.10 Å². The van der Waals surface area contributed by atoms with Crippen molar-refractivity contribution in [2.75, 3.05) is 0 Å². The molecule has 2 aromatic rings. The molecule has 0 aliphatic heterocycles. The van der Waals surface area contributed by atoms with Crippen LogP contribution >= 0.6 is 15.9 Å². The van der Waals surface area contributed by atoms with E-state index >= 15 is 0 Å². The van der Waals surface area contributed by atoms with E-state index in [0.717, 1.165) is 6.07 Å². The Morgan fingerprint density at radius 3 is 2.61 bits per heavy atom. The first-order valence-corrected chi connectivity index (χ1v) is 5.90. The molecule has 1 atom stereocenters. The molecule has 0 saturated heterocycles. The molecule has 18 heavy (non-hydrogen) atoms. The Labute approximate surface area is 110 Å². The van der Waals surface area contributed by atoms with E-state index in [2.05, 4.69) is 26.2 Å². The molecule has 0 bridgehead atoms. The minimum absolute atomic E-state index is 0.193. The highest BCUT2D eigenvalue weighted by Crippen LogP contribution is 2.31. The number of hydrogen-bond donors (Lipinski definition) is 1. The molecule has 2 rings (SSSR count). The molecule has 1 N–H and O–H groups in total. The smallest absolute Gasteiger partial charge is 0.154 e. The summed E-state index contributed by atoms with van der Waals surface area (Å²) in [4.78, 5) is 0. The summed E-state index contributed by atoms with van der Waals surface area (Å²) in [6.07, 6.45) is -1.47. The number of aromatic nitrogens is 3. The molecule has 0 aliphatic carbocycles. The zero-order valence-corrected chi connectivity index (χ0v) is 11.2. The number of nitrogens with zero attached hydrogens (tertiary/aromatic N) is 3. The van der Waals surface area contributed by atoms with Crippen LogP contribution < -0.4 is 0 Å². The fourth-order valence-corrected chi connectivity index (χ4v) is 2.24. The summed E-state index contributed by atoms with van der Waals surface area (Å²) < 4.78 is 29.1. The first-order chi connectivity index (χ1) is 8.43. The van der Waals surface area contributed by atoms with E-state index in [9.17, 15) is 13.9 Å². The Kier molecular flexibility index (Phi) is 3.45. The molecule has 0 amide bonds. The number of benzene rings is 1. The normalized spacial score (nSPS) is 12.8. The summed E-state index contributed by atoms with van der Waals surface area (Å²) in [5, 5.41) is 17.4. The van der Waals surface area contributed by atoms with Crippen LogP contribution in [-0.2, 0) is 7.05 Å². The summed E-state index contributed by atoms with van der Waals surface area (Å²) in [6.45, 7) is 1.50. The summed E-state index contributed by atoms with van der Waals surface area (Å²) >= 11 is 3.08. The van der Waals surface area contributed by atoms with E-state index < -0.39 is 23.3 Å². The molecule has 0 aliphatic rings. The largest absolute Gasteiger partial charge is 0.382 e. The lowest BCUT2D eigenvalue weighted by molar-refractivity contribution is 0.198. The van der Waals surface area contributed by atoms with Crippen LogP contribution in [0.5, 0.6) is 0 Å². The van der Waals surface area contributed by atoms with Crippen molar-refractivity contribution in [2.24, 2.45) is 7.05 Å². The molecule has 0 saturated carbocycles. The highest BCUT2D eigenvalue weighted by molar-refractivity contribution is 9.10. The molecule has 1 aromatic heterocycles. The van der Waals surface area contributed by atoms with E-state index in [4.69, 9.17) is 0 Å². The highest BCUT2D eigenvalue weighted by Gasteiger charge is 2.26. The van der Waals surface area contributed by atoms with Gasteiger partial charge in [-0.2, -0.15) is 0 Å². The lowest BCUT2D eigenvalue weighted by atomic mass is 10.0. The van der Waals surface area contributed by atoms with E-state index in [1.807, 2.05) is 0 Å². The second-order valence-corrected chi connectivity index (χ2v) is 4.63. The van der Waals surface area contributed by atoms with Crippen LogP contribution in [0.1, 0.15) is 22.9 Å². The van der Waals surface area contributed by atoms with Crippen LogP contribution in [0.3, 0.4) is 0 Å². The van der Waals surface area contributed by atoms with Gasteiger partial charge in [-0.1, -0.05) is 11.3 Å². The van der Waals surface area contributed by atoms with Gasteiger partial charge in [0.05, 0.1) is 5.56 Å². The van der Waals surface area contributed by atoms with Crippen LogP contribution in [0, 0.1) is 18.6 Å². The zero-order valence-electron chi connectivity index (χ0n) is 9.65. The number of halogens is 3. The van der Waals surface area contributed by atoms with Crippen LogP contribution in [0.25, 0.3) is 0 Å². The first-order valence-electron chi connectivity index (χ1n) is 5.11. The van der Waals surface area contributed by atoms with Crippen LogP contribution in [0.2, 0.25) is 0 Å². The number of aliphatic hydroxyl groups excluding tert-OH is 1. The van der Waals surface area contributed by atoms with Gasteiger partial charge in [-0.25, -0.2) is 13.5 Å². The second-order valence-electron chi connectivity index (χ2n) is 3.88. The summed E-state index contributed by atoms with van der Waals surface area (Å²) in [7, 11) is 1.53. The Morgan fingerprint density at radius 2 is 2.06 bits per heavy atom. The molecule has 4 nitrogen and oxygen atoms in total. The predicted octanol–water partition coefficient (Wildman–Crippen LogP) is 2.25. The maximum Gasteiger partial charge on any atom is 0.154 e. The van der Waals surface area contributed by atoms with Crippen molar-refractivity contribution < 1.29 is 13.9 Å². The van der Waals surface area contributed by atoms with E-state index in [1.165, 1.54) is 24.7 Å². The third kappa shape index (κ3) is 2.04. The highest BCUT2D eigenvalue weighted by atomic mass is 79.9. The van der Waals surface area contributed by atoms with Crippen LogP contribution in [0.15, 0.2) is 16.7 Å². The monoisotopic (exact) mass is 317 g/mol. The van der Waals surface area contributed by atoms with E-state index in [0.29, 0.717) is 0 Å². The Hall–Kier alpha value is -1.34. The lowest BCUT2D eigenvalue weighted by Crippen LogP contribution is -2.11. The van der Waals surface area contributed by atoms with Gasteiger partial charge in [-0.3, -0.25) is 0 Å². The van der Waals surface area contributed by atoms with Crippen molar-refractivity contribution in [1.82, 2.24) is 15.0 Å². The molecule has 96 valence electrons. The van der Waals surface area contributed by atoms with Crippen molar-refractivity contribution in [3.63, 3.8) is 0 Å². The molecule has 1 aromatic carbocycles. The predicted molar refractivity (Wildman–Crippen MR) is 63.9 cm³/mol. The quantitative estimate of drug-likeness (QED) is 0.924. The lowest BCUT2D eigenvalue weighted by Gasteiger charge is -2.14. The van der Waals surface area contributed by atoms with Gasteiger partial charge in [0.15, 0.2) is 4.60 Å². The van der Waals surface area contributed by atoms with Gasteiger partial charge in [0.2, 0.25) is 0 Å². The first kappa shape index (κ1) is 13.1. The third-order valence-electron chi connectivity index (χ3n) is 2.68. The minimum atomic E-state index is -1.47. The van der Waals surface area contributed by atoms with Gasteiger partial charge >= 0.3 is 0 Å². The molecule has 1 unspecified atom stereocenters. The van der Waals surface area contributed by atoms with Crippen LogP contribution in [-0.4, -0.2) is 20.1 Å². The molecule has 0 fully saturated rings. The average molecular weight is 318 g/mol. The standard InChI is InChI=1S/C11H10BrF2N3O/c1-5-3-4-6(13)7(8(5)14)10(18)9-11(12)15-16-17(9)2/h3-4,10,18H,1-2H3. The van der Waals surface area contributed by atoms with E-state index in [1.54, 1.807) is 0 Å². The van der Waals surface area contributed by atoms with Gasteiger partial charge < -0.3 is 5.11 Å². The fraction of sp³-hybridized carbons (Fsp3) is 0.273. The fourth-order valence-electron chi connectivity index (χ4n) is 1.69. The SMILES string of the molecule is Cc1ccc(F)c(C(O)c2c(Br)nnn2C)c1F. The van der Waals surface area contributed by atoms with Crippen LogP contribution in [0.4, 0.5) is 8.78 Å². The summed E-state index contributed by atoms with van der Waals surface area (Å²) in [5.41, 5.74) is 0.0520. The Morgan fingerprint density at radius 1 is 1.39 bits per heavy atom. The van der Waals surface area contributed by atoms with Gasteiger partial charge in [0, 0.05) is 7.05 Å². The van der Waals surface area contributed by atoms with Crippen molar-refractivity contribution in [2.45, 2.75) is 13.0 Å². The number of aryl methyl sites for hydroxylation is 2. The zero-order chi connectivity index (χ0) is 13.4. The van der Waals surface area contributed by atoms with Crippen molar-refractivity contribution in [3.8, 4) is 0 Å². The number of aliphatic hydroxyl groups is 1. The van der Waals surface area contributed by atoms with Gasteiger partial charge in [-0.05, 0) is 34.5 Å². The summed E-state index contributed by atoms with van der Waals surface area (Å²) in [5.74, 6) is -1.57. The third-order valence-corrected chi connectivity index (χ3v) is 3.24. The van der Waals surface area contributed by atoms with Crippen molar-refractivity contribution in [1.29, 1.82) is 0 Å². The van der Waals surface area contributed by atoms with Gasteiger partial charge in [0.1, 0.15) is 23.4 Å². The Bertz CT molecular complexity index is 581. The Balaban J connectivity index is 2.60. The maximum absolute atomic E-state index is 13.9. The second kappa shape index (κ2) is 4.74. The van der Waals surface area contributed by atoms with Crippen molar-refractivity contribution >= 4 is 15.9 Å². The molecular weight excluding hydrogens is 308 g/mol. The van der Waals surface area contributed by atoms with Crippen molar-refractivity contribution in [3.05, 3.63) is 45.2 Å². The minimum Gasteiger partial charge on any atom is -0.382 e. The maximum atomic E-state index is 13.9. The summed E-state index contributed by atoms with van der Waals surface area (Å²) in [6, 6.07) is 2.44.